The molecule has 8 aromatic rings. The van der Waals surface area contributed by atoms with E-state index >= 15 is 0 Å². The highest BCUT2D eigenvalue weighted by molar-refractivity contribution is 5.91. The minimum absolute atomic E-state index is 0.00984. The van der Waals surface area contributed by atoms with E-state index in [0.29, 0.717) is 0 Å². The number of nitrogens with one attached hydrogen (secondary N) is 1. The lowest BCUT2D eigenvalue weighted by atomic mass is 9.85. The fourth-order valence-electron chi connectivity index (χ4n) is 8.39. The summed E-state index contributed by atoms with van der Waals surface area (Å²) < 4.78 is 0. The Morgan fingerprint density at radius 2 is 1.05 bits per heavy atom. The van der Waals surface area contributed by atoms with Crippen LogP contribution < -0.4 is 5.32 Å². The van der Waals surface area contributed by atoms with Crippen LogP contribution in [-0.2, 0) is 19.3 Å². The van der Waals surface area contributed by atoms with Crippen molar-refractivity contribution in [1.29, 1.82) is 0 Å². The number of rotatable bonds is 10. The normalized spacial score (nSPS) is 12.9. The van der Waals surface area contributed by atoms with Crippen molar-refractivity contribution < 1.29 is 0 Å². The zero-order chi connectivity index (χ0) is 37.0. The fourth-order valence-corrected chi connectivity index (χ4v) is 8.39. The van der Waals surface area contributed by atoms with Gasteiger partial charge in [0.15, 0.2) is 0 Å². The molecule has 0 aliphatic heterocycles. The van der Waals surface area contributed by atoms with E-state index in [1.54, 1.807) is 0 Å². The Balaban J connectivity index is 1.04. The summed E-state index contributed by atoms with van der Waals surface area (Å²) in [6.07, 6.45) is 5.69. The van der Waals surface area contributed by atoms with E-state index in [9.17, 15) is 0 Å². The SMILES string of the molecule is C=C(NC(Cc1cccc(-c2ccc3cc(-c4ccccc4)ccc3c2)c1)c1cccc(-c2cccc3c2CCCC3)c1)c1cccc(-c2ccccc2)c1. The first kappa shape index (κ1) is 34.3. The van der Waals surface area contributed by atoms with Crippen LogP contribution in [-0.4, -0.2) is 0 Å². The van der Waals surface area contributed by atoms with E-state index in [2.05, 4.69) is 200 Å². The molecule has 0 saturated carbocycles. The van der Waals surface area contributed by atoms with Gasteiger partial charge in [0.25, 0.3) is 0 Å². The molecule has 0 radical (unpaired) electrons. The highest BCUT2D eigenvalue weighted by Crippen LogP contribution is 2.35. The van der Waals surface area contributed by atoms with Crippen molar-refractivity contribution in [2.24, 2.45) is 0 Å². The van der Waals surface area contributed by atoms with E-state index in [1.165, 1.54) is 96.8 Å². The van der Waals surface area contributed by atoms with Crippen LogP contribution in [0.3, 0.4) is 0 Å². The van der Waals surface area contributed by atoms with Crippen LogP contribution in [0.1, 0.15) is 46.7 Å². The fraction of sp³-hybridized carbons (Fsp3) is 0.111. The minimum atomic E-state index is 0.00984. The first-order valence-corrected chi connectivity index (χ1v) is 19.7. The Morgan fingerprint density at radius 1 is 0.473 bits per heavy atom. The van der Waals surface area contributed by atoms with Crippen LogP contribution in [0, 0.1) is 0 Å². The Morgan fingerprint density at radius 3 is 1.80 bits per heavy atom. The second-order valence-electron chi connectivity index (χ2n) is 14.9. The smallest absolute Gasteiger partial charge is 0.0554 e. The first-order chi connectivity index (χ1) is 27.1. The van der Waals surface area contributed by atoms with Gasteiger partial charge in [-0.1, -0.05) is 170 Å². The first-order valence-electron chi connectivity index (χ1n) is 19.7. The van der Waals surface area contributed by atoms with Crippen LogP contribution in [0.4, 0.5) is 0 Å². The molecule has 0 saturated heterocycles. The maximum absolute atomic E-state index is 4.61. The van der Waals surface area contributed by atoms with E-state index in [4.69, 9.17) is 0 Å². The average molecular weight is 708 g/mol. The van der Waals surface area contributed by atoms with Gasteiger partial charge in [0.2, 0.25) is 0 Å². The van der Waals surface area contributed by atoms with Gasteiger partial charge in [-0.2, -0.15) is 0 Å². The molecule has 0 aromatic heterocycles. The molecule has 1 unspecified atom stereocenters. The molecular weight excluding hydrogens is 663 g/mol. The van der Waals surface area contributed by atoms with Crippen LogP contribution in [0.25, 0.3) is 61.0 Å². The van der Waals surface area contributed by atoms with E-state index in [0.717, 1.165) is 24.1 Å². The Labute approximate surface area is 325 Å². The van der Waals surface area contributed by atoms with Crippen molar-refractivity contribution in [2.45, 2.75) is 38.1 Å². The molecule has 1 aliphatic rings. The number of hydrogen-bond donors (Lipinski definition) is 1. The maximum atomic E-state index is 4.61. The summed E-state index contributed by atoms with van der Waals surface area (Å²) in [5.74, 6) is 0. The highest BCUT2D eigenvalue weighted by atomic mass is 14.9. The van der Waals surface area contributed by atoms with E-state index in [1.807, 2.05) is 0 Å². The predicted octanol–water partition coefficient (Wildman–Crippen LogP) is 13.9. The molecule has 0 heterocycles. The van der Waals surface area contributed by atoms with Gasteiger partial charge in [-0.15, -0.1) is 0 Å². The summed E-state index contributed by atoms with van der Waals surface area (Å²) in [6.45, 7) is 4.61. The average Bonchev–Trinajstić information content (AvgIpc) is 3.26. The Bertz CT molecular complexity index is 2620. The van der Waals surface area contributed by atoms with Gasteiger partial charge in [-0.25, -0.2) is 0 Å². The molecule has 1 N–H and O–H groups in total. The van der Waals surface area contributed by atoms with Crippen molar-refractivity contribution in [3.8, 4) is 44.5 Å². The second kappa shape index (κ2) is 15.5. The van der Waals surface area contributed by atoms with Crippen LogP contribution >= 0.6 is 0 Å². The summed E-state index contributed by atoms with van der Waals surface area (Å²) in [7, 11) is 0. The molecule has 0 bridgehead atoms. The molecule has 1 aliphatic carbocycles. The predicted molar refractivity (Wildman–Crippen MR) is 234 cm³/mol. The zero-order valence-corrected chi connectivity index (χ0v) is 31.2. The third kappa shape index (κ3) is 7.52. The Hall–Kier alpha value is -6.44. The number of aryl methyl sites for hydroxylation is 1. The molecular formula is C54H45N. The number of hydrogen-bond acceptors (Lipinski definition) is 1. The minimum Gasteiger partial charge on any atom is -0.378 e. The van der Waals surface area contributed by atoms with Crippen LogP contribution in [0.5, 0.6) is 0 Å². The monoisotopic (exact) mass is 707 g/mol. The van der Waals surface area contributed by atoms with Gasteiger partial charge in [0.05, 0.1) is 6.04 Å². The molecule has 9 rings (SSSR count). The summed E-state index contributed by atoms with van der Waals surface area (Å²) in [5.41, 5.74) is 17.6. The van der Waals surface area contributed by atoms with Gasteiger partial charge in [-0.3, -0.25) is 0 Å². The summed E-state index contributed by atoms with van der Waals surface area (Å²) >= 11 is 0. The quantitative estimate of drug-likeness (QED) is 0.149. The molecule has 1 heteroatoms. The third-order valence-corrected chi connectivity index (χ3v) is 11.3. The summed E-state index contributed by atoms with van der Waals surface area (Å²) in [4.78, 5) is 0. The number of benzene rings is 8. The van der Waals surface area contributed by atoms with Gasteiger partial charge >= 0.3 is 0 Å². The highest BCUT2D eigenvalue weighted by Gasteiger charge is 2.19. The van der Waals surface area contributed by atoms with Crippen LogP contribution in [0.2, 0.25) is 0 Å². The van der Waals surface area contributed by atoms with Crippen molar-refractivity contribution in [1.82, 2.24) is 5.32 Å². The topological polar surface area (TPSA) is 12.0 Å². The van der Waals surface area contributed by atoms with Crippen molar-refractivity contribution in [2.75, 3.05) is 0 Å². The van der Waals surface area contributed by atoms with Gasteiger partial charge in [-0.05, 0) is 139 Å². The largest absolute Gasteiger partial charge is 0.378 e. The molecule has 0 spiro atoms. The van der Waals surface area contributed by atoms with Gasteiger partial charge in [0.1, 0.15) is 0 Å². The maximum Gasteiger partial charge on any atom is 0.0554 e. The lowest BCUT2D eigenvalue weighted by Gasteiger charge is -2.24. The van der Waals surface area contributed by atoms with Crippen molar-refractivity contribution in [3.05, 3.63) is 222 Å². The second-order valence-corrected chi connectivity index (χ2v) is 14.9. The molecule has 8 aromatic carbocycles. The van der Waals surface area contributed by atoms with E-state index in [-0.39, 0.29) is 6.04 Å². The lowest BCUT2D eigenvalue weighted by Crippen LogP contribution is -2.22. The molecule has 55 heavy (non-hydrogen) atoms. The van der Waals surface area contributed by atoms with Gasteiger partial charge in [0, 0.05) is 5.70 Å². The van der Waals surface area contributed by atoms with Gasteiger partial charge < -0.3 is 5.32 Å². The molecule has 0 fully saturated rings. The molecule has 1 nitrogen and oxygen atoms in total. The molecule has 1 atom stereocenters. The van der Waals surface area contributed by atoms with E-state index < -0.39 is 0 Å². The number of fused-ring (bicyclic) bond motifs is 2. The lowest BCUT2D eigenvalue weighted by molar-refractivity contribution is 0.632. The van der Waals surface area contributed by atoms with Crippen molar-refractivity contribution in [3.63, 3.8) is 0 Å². The molecule has 266 valence electrons. The summed E-state index contributed by atoms with van der Waals surface area (Å²) in [5, 5.41) is 6.42. The third-order valence-electron chi connectivity index (χ3n) is 11.3. The van der Waals surface area contributed by atoms with Crippen LogP contribution in [0.15, 0.2) is 195 Å². The standard InChI is InChI=1S/C54H45N/c1-38(43-21-11-23-45(34-43)40-15-4-2-5-16-40)55-54(51-25-12-24-50(37-51)53-27-13-20-42-19-8-9-26-52(42)53)33-39-14-10-22-44(32-39)47-30-31-48-35-46(28-29-49(48)36-47)41-17-6-3-7-18-41/h2-7,10-18,20-25,27-32,34-37,54-55H,1,8-9,19,26,33H2. The Kier molecular flexibility index (Phi) is 9.68. The summed E-state index contributed by atoms with van der Waals surface area (Å²) in [6, 6.07) is 68.7. The zero-order valence-electron chi connectivity index (χ0n) is 31.2. The molecule has 0 amide bonds. The van der Waals surface area contributed by atoms with Crippen molar-refractivity contribution >= 4 is 16.5 Å².